The summed E-state index contributed by atoms with van der Waals surface area (Å²) >= 11 is 5.92. The van der Waals surface area contributed by atoms with Crippen LogP contribution in [0.4, 0.5) is 10.1 Å². The molecular weight excluding hydrogens is 317 g/mol. The Hall–Kier alpha value is -2.40. The fraction of sp³-hybridized carbons (Fsp3) is 0.176. The van der Waals surface area contributed by atoms with Crippen LogP contribution in [-0.4, -0.2) is 16.5 Å². The molecule has 0 saturated carbocycles. The molecule has 0 amide bonds. The summed E-state index contributed by atoms with van der Waals surface area (Å²) < 4.78 is 13.3. The summed E-state index contributed by atoms with van der Waals surface area (Å²) in [7, 11) is 0. The van der Waals surface area contributed by atoms with E-state index in [1.165, 1.54) is 6.07 Å². The zero-order valence-electron chi connectivity index (χ0n) is 12.1. The van der Waals surface area contributed by atoms with E-state index in [1.54, 1.807) is 30.3 Å². The Morgan fingerprint density at radius 3 is 3.00 bits per heavy atom. The van der Waals surface area contributed by atoms with Crippen LogP contribution in [0, 0.1) is 5.82 Å². The Bertz CT molecular complexity index is 970. The maximum absolute atomic E-state index is 13.3. The highest BCUT2D eigenvalue weighted by molar-refractivity contribution is 6.31. The monoisotopic (exact) mass is 329 g/mol. The number of benzene rings is 2. The third kappa shape index (κ3) is 2.57. The van der Waals surface area contributed by atoms with Gasteiger partial charge in [0.1, 0.15) is 11.6 Å². The molecule has 4 nitrogen and oxygen atoms in total. The van der Waals surface area contributed by atoms with Crippen molar-refractivity contribution in [3.8, 4) is 0 Å². The minimum Gasteiger partial charge on any atom is -0.363 e. The first-order chi connectivity index (χ1) is 11.1. The maximum Gasteiger partial charge on any atom is 0.258 e. The molecule has 0 aliphatic carbocycles. The van der Waals surface area contributed by atoms with E-state index in [-0.39, 0.29) is 11.4 Å². The van der Waals surface area contributed by atoms with Crippen LogP contribution in [0.2, 0.25) is 5.02 Å². The van der Waals surface area contributed by atoms with Gasteiger partial charge in [-0.05, 0) is 48.4 Å². The normalized spacial score (nSPS) is 13.6. The van der Waals surface area contributed by atoms with Gasteiger partial charge in [0.15, 0.2) is 0 Å². The molecule has 1 aliphatic heterocycles. The van der Waals surface area contributed by atoms with E-state index in [0.29, 0.717) is 28.3 Å². The third-order valence-corrected chi connectivity index (χ3v) is 4.33. The highest BCUT2D eigenvalue weighted by Gasteiger charge is 2.20. The van der Waals surface area contributed by atoms with Crippen molar-refractivity contribution in [3.05, 3.63) is 69.0 Å². The summed E-state index contributed by atoms with van der Waals surface area (Å²) in [4.78, 5) is 21.6. The number of fused-ring (bicyclic) bond motifs is 2. The Labute approximate surface area is 136 Å². The Balaban J connectivity index is 1.70. The van der Waals surface area contributed by atoms with Gasteiger partial charge in [-0.2, -0.15) is 0 Å². The number of rotatable bonds is 2. The highest BCUT2D eigenvalue weighted by atomic mass is 35.5. The standard InChI is InChI=1S/C17H13ClFN3O/c18-11-1-3-14-13(8-11)17(23)21-16(20-14)9-22-6-5-10-7-12(19)2-4-15(10)22/h1-4,7-8H,5-6,9H2,(H,20,21,23). The molecule has 3 aromatic rings. The molecule has 0 spiro atoms. The lowest BCUT2D eigenvalue weighted by atomic mass is 10.2. The molecule has 0 saturated heterocycles. The second-order valence-corrected chi connectivity index (χ2v) is 6.06. The molecule has 116 valence electrons. The van der Waals surface area contributed by atoms with Crippen LogP contribution in [0.3, 0.4) is 0 Å². The maximum atomic E-state index is 13.3. The van der Waals surface area contributed by atoms with Crippen LogP contribution in [0.5, 0.6) is 0 Å². The van der Waals surface area contributed by atoms with Gasteiger partial charge in [-0.15, -0.1) is 0 Å². The van der Waals surface area contributed by atoms with Crippen LogP contribution in [0.1, 0.15) is 11.4 Å². The molecular formula is C17H13ClFN3O. The zero-order valence-corrected chi connectivity index (χ0v) is 12.9. The van der Waals surface area contributed by atoms with Crippen molar-refractivity contribution >= 4 is 28.2 Å². The zero-order chi connectivity index (χ0) is 16.0. The Kier molecular flexibility index (Phi) is 3.31. The number of H-pyrrole nitrogens is 1. The van der Waals surface area contributed by atoms with E-state index in [4.69, 9.17) is 11.6 Å². The topological polar surface area (TPSA) is 49.0 Å². The van der Waals surface area contributed by atoms with Gasteiger partial charge in [0, 0.05) is 17.3 Å². The molecule has 0 bridgehead atoms. The smallest absolute Gasteiger partial charge is 0.258 e. The first-order valence-corrected chi connectivity index (χ1v) is 7.70. The SMILES string of the molecule is O=c1[nH]c(CN2CCc3cc(F)ccc32)nc2ccc(Cl)cc12. The van der Waals surface area contributed by atoms with Gasteiger partial charge in [0.2, 0.25) is 0 Å². The lowest BCUT2D eigenvalue weighted by molar-refractivity contribution is 0.626. The number of anilines is 1. The van der Waals surface area contributed by atoms with Gasteiger partial charge in [0.05, 0.1) is 17.4 Å². The molecule has 1 aromatic heterocycles. The minimum atomic E-state index is -0.222. The number of nitrogens with zero attached hydrogens (tertiary/aromatic N) is 2. The minimum absolute atomic E-state index is 0.203. The summed E-state index contributed by atoms with van der Waals surface area (Å²) in [6, 6.07) is 9.86. The van der Waals surface area contributed by atoms with Crippen molar-refractivity contribution in [2.24, 2.45) is 0 Å². The quantitative estimate of drug-likeness (QED) is 0.785. The van der Waals surface area contributed by atoms with E-state index < -0.39 is 0 Å². The molecule has 2 aromatic carbocycles. The molecule has 6 heteroatoms. The number of hydrogen-bond acceptors (Lipinski definition) is 3. The number of aromatic amines is 1. The molecule has 23 heavy (non-hydrogen) atoms. The lowest BCUT2D eigenvalue weighted by Crippen LogP contribution is -2.23. The summed E-state index contributed by atoms with van der Waals surface area (Å²) in [5.41, 5.74) is 2.39. The average molecular weight is 330 g/mol. The van der Waals surface area contributed by atoms with Gasteiger partial charge in [-0.3, -0.25) is 4.79 Å². The molecule has 0 unspecified atom stereocenters. The van der Waals surface area contributed by atoms with Crippen molar-refractivity contribution in [2.45, 2.75) is 13.0 Å². The van der Waals surface area contributed by atoms with E-state index in [2.05, 4.69) is 14.9 Å². The second-order valence-electron chi connectivity index (χ2n) is 5.62. The number of aromatic nitrogens is 2. The Morgan fingerprint density at radius 1 is 1.26 bits per heavy atom. The highest BCUT2D eigenvalue weighted by Crippen LogP contribution is 2.29. The van der Waals surface area contributed by atoms with E-state index in [1.807, 2.05) is 0 Å². The summed E-state index contributed by atoms with van der Waals surface area (Å²) in [5, 5.41) is 0.984. The summed E-state index contributed by atoms with van der Waals surface area (Å²) in [6.45, 7) is 1.26. The lowest BCUT2D eigenvalue weighted by Gasteiger charge is -2.18. The van der Waals surface area contributed by atoms with Gasteiger partial charge in [0.25, 0.3) is 5.56 Å². The largest absolute Gasteiger partial charge is 0.363 e. The predicted molar refractivity (Wildman–Crippen MR) is 88.5 cm³/mol. The Morgan fingerprint density at radius 2 is 2.13 bits per heavy atom. The van der Waals surface area contributed by atoms with Crippen molar-refractivity contribution in [2.75, 3.05) is 11.4 Å². The first kappa shape index (κ1) is 14.2. The predicted octanol–water partition coefficient (Wildman–Crippen LogP) is 3.28. The van der Waals surface area contributed by atoms with Crippen molar-refractivity contribution in [3.63, 3.8) is 0 Å². The molecule has 2 heterocycles. The average Bonchev–Trinajstić information content (AvgIpc) is 2.90. The van der Waals surface area contributed by atoms with E-state index >= 15 is 0 Å². The van der Waals surface area contributed by atoms with Crippen LogP contribution in [0.15, 0.2) is 41.2 Å². The fourth-order valence-corrected chi connectivity index (χ4v) is 3.19. The van der Waals surface area contributed by atoms with Crippen LogP contribution >= 0.6 is 11.6 Å². The third-order valence-electron chi connectivity index (χ3n) is 4.09. The number of halogens is 2. The van der Waals surface area contributed by atoms with Gasteiger partial charge in [-0.1, -0.05) is 11.6 Å². The number of nitrogens with one attached hydrogen (secondary N) is 1. The van der Waals surface area contributed by atoms with Gasteiger partial charge >= 0.3 is 0 Å². The van der Waals surface area contributed by atoms with Gasteiger partial charge < -0.3 is 9.88 Å². The first-order valence-electron chi connectivity index (χ1n) is 7.32. The van der Waals surface area contributed by atoms with Crippen molar-refractivity contribution < 1.29 is 4.39 Å². The van der Waals surface area contributed by atoms with Crippen LogP contribution in [0.25, 0.3) is 10.9 Å². The van der Waals surface area contributed by atoms with Crippen molar-refractivity contribution in [1.82, 2.24) is 9.97 Å². The van der Waals surface area contributed by atoms with Crippen molar-refractivity contribution in [1.29, 1.82) is 0 Å². The van der Waals surface area contributed by atoms with Gasteiger partial charge in [-0.25, -0.2) is 9.37 Å². The molecule has 0 radical (unpaired) electrons. The molecule has 0 fully saturated rings. The fourth-order valence-electron chi connectivity index (χ4n) is 3.02. The second kappa shape index (κ2) is 5.35. The molecule has 4 rings (SSSR count). The summed E-state index contributed by atoms with van der Waals surface area (Å²) in [6.07, 6.45) is 0.792. The van der Waals surface area contributed by atoms with E-state index in [0.717, 1.165) is 24.2 Å². The molecule has 0 atom stereocenters. The van der Waals surface area contributed by atoms with Crippen LogP contribution in [-0.2, 0) is 13.0 Å². The molecule has 1 N–H and O–H groups in total. The summed E-state index contributed by atoms with van der Waals surface area (Å²) in [5.74, 6) is 0.363. The number of hydrogen-bond donors (Lipinski definition) is 1. The van der Waals surface area contributed by atoms with Crippen LogP contribution < -0.4 is 10.5 Å². The molecule has 1 aliphatic rings. The van der Waals surface area contributed by atoms with E-state index in [9.17, 15) is 9.18 Å².